The van der Waals surface area contributed by atoms with E-state index in [1.807, 2.05) is 36.4 Å². The van der Waals surface area contributed by atoms with Crippen LogP contribution in [-0.4, -0.2) is 39.4 Å². The molecule has 0 atom stereocenters. The Kier molecular flexibility index (Phi) is 7.87. The number of aliphatic hydroxyl groups excluding tert-OH is 2. The molecule has 49 heavy (non-hydrogen) atoms. The molecule has 0 saturated heterocycles. The zero-order valence-electron chi connectivity index (χ0n) is 29.2. The molecule has 0 aromatic heterocycles. The zero-order chi connectivity index (χ0) is 34.8. The van der Waals surface area contributed by atoms with Gasteiger partial charge in [0.1, 0.15) is 5.76 Å². The number of carbonyl (C=O) groups excluding carboxylic acids is 1. The van der Waals surface area contributed by atoms with Gasteiger partial charge in [0.2, 0.25) is 11.5 Å². The number of hydrogen-bond acceptors (Lipinski definition) is 4. The summed E-state index contributed by atoms with van der Waals surface area (Å²) in [6.45, 7) is 20.2. The summed E-state index contributed by atoms with van der Waals surface area (Å²) in [5.41, 5.74) is 8.46. The van der Waals surface area contributed by atoms with Crippen molar-refractivity contribution in [3.05, 3.63) is 143 Å². The summed E-state index contributed by atoms with van der Waals surface area (Å²) in [6.07, 6.45) is 9.18. The molecule has 7 rings (SSSR count). The molecule has 0 amide bonds. The first kappa shape index (κ1) is 32.5. The van der Waals surface area contributed by atoms with Crippen molar-refractivity contribution in [3.8, 4) is 0 Å². The summed E-state index contributed by atoms with van der Waals surface area (Å²) in [7, 11) is 0. The molecule has 5 heteroatoms. The summed E-state index contributed by atoms with van der Waals surface area (Å²) in [5, 5.41) is 26.2. The Morgan fingerprint density at radius 2 is 1.51 bits per heavy atom. The largest absolute Gasteiger partial charge is 0.506 e. The molecule has 0 spiro atoms. The van der Waals surface area contributed by atoms with Gasteiger partial charge >= 0.3 is 0 Å². The summed E-state index contributed by atoms with van der Waals surface area (Å²) < 4.78 is 2.26. The Balaban J connectivity index is 1.35. The maximum absolute atomic E-state index is 14.1. The van der Waals surface area contributed by atoms with Crippen LogP contribution in [0.3, 0.4) is 0 Å². The number of carbonyl (C=O) groups is 1. The quantitative estimate of drug-likeness (QED) is 0.108. The second-order valence-electron chi connectivity index (χ2n) is 14.5. The Hall–Kier alpha value is -5.00. The van der Waals surface area contributed by atoms with E-state index in [9.17, 15) is 15.0 Å². The van der Waals surface area contributed by atoms with Gasteiger partial charge in [-0.15, -0.1) is 13.2 Å². The van der Waals surface area contributed by atoms with E-state index in [0.29, 0.717) is 17.7 Å². The standard InChI is InChI=1S/C44H44N2O3/c1-8-10-22-45-35-20-18-29-27(3)14-12-16-31(29)39(35)43(4,5)37(45)24-33-41(48)34(42(33)49)25-38-44(6,7)40-32-17-13-15-28(26-47)30(32)19-21-36(40)46(38)23-11-9-2/h8-9,12-21,24-25,47H,1-2,10-11,22-23,26H2,3-7H3/p+1. The highest BCUT2D eigenvalue weighted by Crippen LogP contribution is 2.52. The van der Waals surface area contributed by atoms with E-state index in [2.05, 4.69) is 106 Å². The Labute approximate surface area is 289 Å². The van der Waals surface area contributed by atoms with Crippen molar-refractivity contribution in [2.45, 2.75) is 64.9 Å². The lowest BCUT2D eigenvalue weighted by Crippen LogP contribution is -2.32. The molecule has 0 saturated carbocycles. The first-order chi connectivity index (χ1) is 23.5. The third-order valence-electron chi connectivity index (χ3n) is 10.9. The number of fused-ring (bicyclic) bond motifs is 6. The van der Waals surface area contributed by atoms with Gasteiger partial charge in [-0.3, -0.25) is 4.79 Å². The SMILES string of the molecule is C=CCCN1/C(=C/C2=C(O)C(=C\C3=[N+](CCC=C)c4ccc5c(CO)cccc5c4C3(C)C)/C2=O)C(C)(C)c2c1ccc1c(C)cccc21. The number of aliphatic hydroxyl groups is 2. The second-order valence-corrected chi connectivity index (χ2v) is 14.5. The molecule has 2 aliphatic heterocycles. The summed E-state index contributed by atoms with van der Waals surface area (Å²) in [4.78, 5) is 16.4. The highest BCUT2D eigenvalue weighted by atomic mass is 16.3. The lowest BCUT2D eigenvalue weighted by atomic mass is 9.76. The van der Waals surface area contributed by atoms with Crippen LogP contribution >= 0.6 is 0 Å². The smallest absolute Gasteiger partial charge is 0.210 e. The van der Waals surface area contributed by atoms with Crippen LogP contribution in [0.4, 0.5) is 11.4 Å². The predicted octanol–water partition coefficient (Wildman–Crippen LogP) is 9.33. The van der Waals surface area contributed by atoms with Crippen molar-refractivity contribution in [2.75, 3.05) is 18.0 Å². The fourth-order valence-electron chi connectivity index (χ4n) is 8.43. The Morgan fingerprint density at radius 1 is 0.816 bits per heavy atom. The van der Waals surface area contributed by atoms with E-state index in [1.54, 1.807) is 0 Å². The van der Waals surface area contributed by atoms with Crippen LogP contribution < -0.4 is 4.90 Å². The van der Waals surface area contributed by atoms with Crippen LogP contribution in [0.5, 0.6) is 0 Å². The van der Waals surface area contributed by atoms with Gasteiger partial charge in [0.15, 0.2) is 12.3 Å². The third-order valence-corrected chi connectivity index (χ3v) is 10.9. The molecule has 5 nitrogen and oxygen atoms in total. The van der Waals surface area contributed by atoms with Crippen molar-refractivity contribution in [2.24, 2.45) is 0 Å². The molecular weight excluding hydrogens is 604 g/mol. The van der Waals surface area contributed by atoms with Gasteiger partial charge in [-0.2, -0.15) is 4.58 Å². The van der Waals surface area contributed by atoms with Crippen molar-refractivity contribution in [1.29, 1.82) is 0 Å². The van der Waals surface area contributed by atoms with E-state index in [4.69, 9.17) is 0 Å². The molecule has 2 N–H and O–H groups in total. The molecule has 2 heterocycles. The Morgan fingerprint density at radius 3 is 2.20 bits per heavy atom. The summed E-state index contributed by atoms with van der Waals surface area (Å²) in [5.74, 6) is -0.125. The van der Waals surface area contributed by atoms with E-state index in [0.717, 1.165) is 64.1 Å². The van der Waals surface area contributed by atoms with Crippen LogP contribution in [0.1, 0.15) is 62.8 Å². The van der Waals surface area contributed by atoms with Gasteiger partial charge in [0.05, 0.1) is 23.2 Å². The lowest BCUT2D eigenvalue weighted by molar-refractivity contribution is -0.436. The number of anilines is 1. The maximum Gasteiger partial charge on any atom is 0.210 e. The number of rotatable bonds is 9. The minimum atomic E-state index is -0.471. The summed E-state index contributed by atoms with van der Waals surface area (Å²) >= 11 is 0. The maximum atomic E-state index is 14.1. The van der Waals surface area contributed by atoms with Gasteiger partial charge < -0.3 is 15.1 Å². The monoisotopic (exact) mass is 649 g/mol. The van der Waals surface area contributed by atoms with Crippen LogP contribution in [0, 0.1) is 6.92 Å². The number of hydrogen-bond donors (Lipinski definition) is 2. The third kappa shape index (κ3) is 4.78. The molecule has 0 unspecified atom stereocenters. The van der Waals surface area contributed by atoms with Crippen molar-refractivity contribution in [1.82, 2.24) is 0 Å². The molecule has 0 bridgehead atoms. The first-order valence-corrected chi connectivity index (χ1v) is 17.2. The Bertz CT molecular complexity index is 2240. The molecule has 248 valence electrons. The molecule has 4 aromatic rings. The number of ketones is 1. The van der Waals surface area contributed by atoms with E-state index in [1.165, 1.54) is 21.9 Å². The molecule has 3 aliphatic rings. The van der Waals surface area contributed by atoms with E-state index >= 15 is 0 Å². The number of nitrogens with zero attached hydrogens (tertiary/aromatic N) is 2. The van der Waals surface area contributed by atoms with Gasteiger partial charge in [0.25, 0.3) is 0 Å². The zero-order valence-corrected chi connectivity index (χ0v) is 29.2. The minimum absolute atomic E-state index is 0.0315. The van der Waals surface area contributed by atoms with Crippen molar-refractivity contribution >= 4 is 44.4 Å². The van der Waals surface area contributed by atoms with Crippen molar-refractivity contribution in [3.63, 3.8) is 0 Å². The normalized spacial score (nSPS) is 19.3. The average molecular weight is 650 g/mol. The van der Waals surface area contributed by atoms with E-state index < -0.39 is 10.8 Å². The van der Waals surface area contributed by atoms with Gasteiger partial charge in [-0.1, -0.05) is 68.5 Å². The first-order valence-electron chi connectivity index (χ1n) is 17.2. The average Bonchev–Trinajstić information content (AvgIpc) is 3.45. The van der Waals surface area contributed by atoms with E-state index in [-0.39, 0.29) is 18.1 Å². The highest BCUT2D eigenvalue weighted by Gasteiger charge is 2.48. The fraction of sp³-hybridized carbons (Fsp3) is 0.273. The number of benzene rings is 4. The minimum Gasteiger partial charge on any atom is -0.506 e. The van der Waals surface area contributed by atoms with Crippen LogP contribution in [0.15, 0.2) is 121 Å². The molecule has 1 aliphatic carbocycles. The highest BCUT2D eigenvalue weighted by molar-refractivity contribution is 6.24. The lowest BCUT2D eigenvalue weighted by Gasteiger charge is -2.29. The summed E-state index contributed by atoms with van der Waals surface area (Å²) in [6, 6.07) is 21.1. The molecular formula is C44H45N2O3+. The molecule has 4 aromatic carbocycles. The van der Waals surface area contributed by atoms with Gasteiger partial charge in [0, 0.05) is 47.5 Å². The van der Waals surface area contributed by atoms with Crippen LogP contribution in [0.25, 0.3) is 21.5 Å². The topological polar surface area (TPSA) is 63.8 Å². The number of Topliss-reactive ketones (excluding diaryl/α,β-unsaturated/α-hetero) is 1. The van der Waals surface area contributed by atoms with Gasteiger partial charge in [-0.25, -0.2) is 0 Å². The van der Waals surface area contributed by atoms with Crippen LogP contribution in [0.2, 0.25) is 0 Å². The number of allylic oxidation sites excluding steroid dienone is 5. The van der Waals surface area contributed by atoms with Crippen molar-refractivity contribution < 1.29 is 19.6 Å². The second kappa shape index (κ2) is 11.9. The molecule has 0 fully saturated rings. The number of aryl methyl sites for hydroxylation is 1. The van der Waals surface area contributed by atoms with Gasteiger partial charge in [-0.05, 0) is 83.6 Å². The fourth-order valence-corrected chi connectivity index (χ4v) is 8.43. The predicted molar refractivity (Wildman–Crippen MR) is 202 cm³/mol. The van der Waals surface area contributed by atoms with Crippen LogP contribution in [-0.2, 0) is 22.2 Å². The molecule has 0 radical (unpaired) electrons.